The maximum Gasteiger partial charge on any atom is 0.308 e. The highest BCUT2D eigenvalue weighted by Crippen LogP contribution is 2.43. The van der Waals surface area contributed by atoms with Crippen LogP contribution in [0, 0.1) is 11.3 Å². The van der Waals surface area contributed by atoms with Crippen LogP contribution in [0.5, 0.6) is 0 Å². The molecule has 3 rings (SSSR count). The fourth-order valence-electron chi connectivity index (χ4n) is 4.54. The summed E-state index contributed by atoms with van der Waals surface area (Å²) in [6.07, 6.45) is 6.18. The largest absolute Gasteiger partial charge is 0.481 e. The van der Waals surface area contributed by atoms with Crippen molar-refractivity contribution >= 4 is 11.9 Å². The first-order valence-corrected chi connectivity index (χ1v) is 9.14. The standard InChI is InChI=1S/C20H27NO3/c1-2-20(11-7-4-8-12-20)19(24)21-13-16(17(14-21)18(22)23)15-9-5-3-6-10-15/h3,5-6,9-10,16-17H,2,4,7-8,11-14H2,1H3,(H,22,23)/t16-,17-/m0/s1. The van der Waals surface area contributed by atoms with Gasteiger partial charge in [0.15, 0.2) is 0 Å². The summed E-state index contributed by atoms with van der Waals surface area (Å²) in [4.78, 5) is 26.8. The third-order valence-corrected chi connectivity index (χ3v) is 6.09. The number of benzene rings is 1. The molecular weight excluding hydrogens is 302 g/mol. The Morgan fingerprint density at radius 3 is 2.38 bits per heavy atom. The molecule has 1 aliphatic carbocycles. The van der Waals surface area contributed by atoms with Gasteiger partial charge in [-0.15, -0.1) is 0 Å². The number of carbonyl (C=O) groups is 2. The summed E-state index contributed by atoms with van der Waals surface area (Å²) in [6.45, 7) is 2.97. The molecule has 1 aromatic carbocycles. The molecule has 0 aromatic heterocycles. The molecule has 24 heavy (non-hydrogen) atoms. The van der Waals surface area contributed by atoms with Crippen LogP contribution in [0.2, 0.25) is 0 Å². The second kappa shape index (κ2) is 6.96. The number of hydrogen-bond acceptors (Lipinski definition) is 2. The van der Waals surface area contributed by atoms with Gasteiger partial charge in [0, 0.05) is 24.4 Å². The summed E-state index contributed by atoms with van der Waals surface area (Å²) in [5, 5.41) is 9.64. The summed E-state index contributed by atoms with van der Waals surface area (Å²) < 4.78 is 0. The summed E-state index contributed by atoms with van der Waals surface area (Å²) in [6, 6.07) is 9.77. The normalized spacial score (nSPS) is 26.3. The van der Waals surface area contributed by atoms with Gasteiger partial charge in [0.1, 0.15) is 0 Å². The second-order valence-electron chi connectivity index (χ2n) is 7.37. The van der Waals surface area contributed by atoms with E-state index in [9.17, 15) is 14.7 Å². The van der Waals surface area contributed by atoms with Crippen LogP contribution < -0.4 is 0 Å². The Balaban J connectivity index is 1.82. The number of amides is 1. The van der Waals surface area contributed by atoms with Crippen molar-refractivity contribution < 1.29 is 14.7 Å². The Morgan fingerprint density at radius 1 is 1.12 bits per heavy atom. The molecule has 1 N–H and O–H groups in total. The fraction of sp³-hybridized carbons (Fsp3) is 0.600. The van der Waals surface area contributed by atoms with E-state index in [-0.39, 0.29) is 17.2 Å². The topological polar surface area (TPSA) is 57.6 Å². The smallest absolute Gasteiger partial charge is 0.308 e. The van der Waals surface area contributed by atoms with Crippen molar-refractivity contribution in [2.75, 3.05) is 13.1 Å². The molecule has 1 aromatic rings. The lowest BCUT2D eigenvalue weighted by Gasteiger charge is -2.38. The van der Waals surface area contributed by atoms with E-state index >= 15 is 0 Å². The van der Waals surface area contributed by atoms with E-state index in [2.05, 4.69) is 6.92 Å². The third-order valence-electron chi connectivity index (χ3n) is 6.09. The lowest BCUT2D eigenvalue weighted by molar-refractivity contribution is -0.145. The number of rotatable bonds is 4. The van der Waals surface area contributed by atoms with Gasteiger partial charge in [0.25, 0.3) is 0 Å². The molecule has 1 saturated carbocycles. The number of aliphatic carboxylic acids is 1. The van der Waals surface area contributed by atoms with E-state index in [4.69, 9.17) is 0 Å². The molecule has 1 aliphatic heterocycles. The Labute approximate surface area is 143 Å². The van der Waals surface area contributed by atoms with Crippen LogP contribution in [0.1, 0.15) is 56.9 Å². The van der Waals surface area contributed by atoms with Crippen LogP contribution in [0.3, 0.4) is 0 Å². The Kier molecular flexibility index (Phi) is 4.93. The van der Waals surface area contributed by atoms with Gasteiger partial charge in [-0.3, -0.25) is 9.59 Å². The zero-order valence-electron chi connectivity index (χ0n) is 14.4. The van der Waals surface area contributed by atoms with Crippen molar-refractivity contribution in [3.63, 3.8) is 0 Å². The molecule has 130 valence electrons. The minimum atomic E-state index is -0.798. The zero-order valence-corrected chi connectivity index (χ0v) is 14.4. The molecule has 2 fully saturated rings. The van der Waals surface area contributed by atoms with E-state index < -0.39 is 11.9 Å². The van der Waals surface area contributed by atoms with Crippen LogP contribution in [0.15, 0.2) is 30.3 Å². The molecular formula is C20H27NO3. The second-order valence-corrected chi connectivity index (χ2v) is 7.37. The molecule has 0 spiro atoms. The van der Waals surface area contributed by atoms with E-state index in [1.807, 2.05) is 35.2 Å². The summed E-state index contributed by atoms with van der Waals surface area (Å²) >= 11 is 0. The van der Waals surface area contributed by atoms with Gasteiger partial charge < -0.3 is 10.0 Å². The van der Waals surface area contributed by atoms with Gasteiger partial charge in [-0.25, -0.2) is 0 Å². The molecule has 4 heteroatoms. The number of carboxylic acid groups (broad SMARTS) is 1. The molecule has 0 radical (unpaired) electrons. The van der Waals surface area contributed by atoms with Gasteiger partial charge in [0.05, 0.1) is 5.92 Å². The average molecular weight is 329 g/mol. The van der Waals surface area contributed by atoms with Crippen molar-refractivity contribution in [1.29, 1.82) is 0 Å². The number of likely N-dealkylation sites (tertiary alicyclic amines) is 1. The van der Waals surface area contributed by atoms with Crippen LogP contribution in [0.4, 0.5) is 0 Å². The maximum absolute atomic E-state index is 13.2. The first kappa shape index (κ1) is 17.0. The average Bonchev–Trinajstić information content (AvgIpc) is 3.08. The molecule has 0 unspecified atom stereocenters. The number of carbonyl (C=O) groups excluding carboxylic acids is 1. The minimum absolute atomic E-state index is 0.106. The molecule has 1 saturated heterocycles. The van der Waals surface area contributed by atoms with Crippen molar-refractivity contribution in [3.8, 4) is 0 Å². The predicted octanol–water partition coefficient (Wildman–Crippen LogP) is 3.67. The first-order chi connectivity index (χ1) is 11.6. The molecule has 2 aliphatic rings. The molecule has 0 bridgehead atoms. The van der Waals surface area contributed by atoms with Gasteiger partial charge in [-0.2, -0.15) is 0 Å². The van der Waals surface area contributed by atoms with Crippen LogP contribution in [-0.4, -0.2) is 35.0 Å². The van der Waals surface area contributed by atoms with Crippen molar-refractivity contribution in [2.24, 2.45) is 11.3 Å². The molecule has 2 atom stereocenters. The van der Waals surface area contributed by atoms with E-state index in [0.29, 0.717) is 13.1 Å². The summed E-state index contributed by atoms with van der Waals surface area (Å²) in [7, 11) is 0. The summed E-state index contributed by atoms with van der Waals surface area (Å²) in [5.41, 5.74) is 0.766. The minimum Gasteiger partial charge on any atom is -0.481 e. The predicted molar refractivity (Wildman–Crippen MR) is 92.7 cm³/mol. The highest BCUT2D eigenvalue weighted by Gasteiger charge is 2.46. The highest BCUT2D eigenvalue weighted by molar-refractivity contribution is 5.84. The third kappa shape index (κ3) is 3.06. The van der Waals surface area contributed by atoms with Crippen molar-refractivity contribution in [1.82, 2.24) is 4.90 Å². The monoisotopic (exact) mass is 329 g/mol. The van der Waals surface area contributed by atoms with Crippen LogP contribution >= 0.6 is 0 Å². The lowest BCUT2D eigenvalue weighted by Crippen LogP contribution is -2.44. The number of nitrogens with zero attached hydrogens (tertiary/aromatic N) is 1. The van der Waals surface area contributed by atoms with Gasteiger partial charge >= 0.3 is 5.97 Å². The fourth-order valence-corrected chi connectivity index (χ4v) is 4.54. The first-order valence-electron chi connectivity index (χ1n) is 9.14. The maximum atomic E-state index is 13.2. The molecule has 1 heterocycles. The molecule has 4 nitrogen and oxygen atoms in total. The molecule has 1 amide bonds. The van der Waals surface area contributed by atoms with Crippen LogP contribution in [0.25, 0.3) is 0 Å². The van der Waals surface area contributed by atoms with Crippen molar-refractivity contribution in [2.45, 2.75) is 51.4 Å². The summed E-state index contributed by atoms with van der Waals surface area (Å²) in [5.74, 6) is -1.22. The van der Waals surface area contributed by atoms with Crippen LogP contribution in [-0.2, 0) is 9.59 Å². The Bertz CT molecular complexity index is 592. The SMILES string of the molecule is CCC1(C(=O)N2C[C@H](C(=O)O)[C@H](c3ccccc3)C2)CCCCC1. The van der Waals surface area contributed by atoms with Gasteiger partial charge in [-0.1, -0.05) is 56.5 Å². The van der Waals surface area contributed by atoms with Crippen molar-refractivity contribution in [3.05, 3.63) is 35.9 Å². The quantitative estimate of drug-likeness (QED) is 0.917. The van der Waals surface area contributed by atoms with Gasteiger partial charge in [-0.05, 0) is 24.8 Å². The Hall–Kier alpha value is -1.84. The number of carboxylic acids is 1. The highest BCUT2D eigenvalue weighted by atomic mass is 16.4. The van der Waals surface area contributed by atoms with E-state index in [0.717, 1.165) is 37.7 Å². The zero-order chi connectivity index (χ0) is 17.2. The number of hydrogen-bond donors (Lipinski definition) is 1. The lowest BCUT2D eigenvalue weighted by atomic mass is 9.71. The van der Waals surface area contributed by atoms with E-state index in [1.54, 1.807) is 0 Å². The van der Waals surface area contributed by atoms with E-state index in [1.165, 1.54) is 6.42 Å². The van der Waals surface area contributed by atoms with Gasteiger partial charge in [0.2, 0.25) is 5.91 Å². The Morgan fingerprint density at radius 2 is 1.79 bits per heavy atom.